The van der Waals surface area contributed by atoms with Crippen LogP contribution >= 0.6 is 0 Å². The molecule has 26 heavy (non-hydrogen) atoms. The molecule has 0 spiro atoms. The molecule has 7 heteroatoms. The minimum absolute atomic E-state index is 0.0246. The van der Waals surface area contributed by atoms with Gasteiger partial charge in [-0.25, -0.2) is 8.78 Å². The second-order valence-electron chi connectivity index (χ2n) is 6.04. The molecule has 1 aromatic carbocycles. The van der Waals surface area contributed by atoms with E-state index in [1.807, 2.05) is 0 Å². The van der Waals surface area contributed by atoms with Gasteiger partial charge in [0.05, 0.1) is 6.26 Å². The number of likely N-dealkylation sites (tertiary alicyclic amines) is 1. The number of nitrogens with one attached hydrogen (secondary N) is 1. The zero-order valence-electron chi connectivity index (χ0n) is 14.0. The fourth-order valence-corrected chi connectivity index (χ4v) is 2.95. The molecule has 1 N–H and O–H groups in total. The minimum Gasteiger partial charge on any atom is -0.465 e. The minimum atomic E-state index is -0.779. The Morgan fingerprint density at radius 1 is 1.19 bits per heavy atom. The van der Waals surface area contributed by atoms with E-state index in [0.29, 0.717) is 18.7 Å². The monoisotopic (exact) mass is 360 g/mol. The Morgan fingerprint density at radius 2 is 1.96 bits per heavy atom. The number of hydrogen-bond acceptors (Lipinski definition) is 3. The second-order valence-corrected chi connectivity index (χ2v) is 6.04. The molecule has 1 atom stereocenters. The van der Waals surface area contributed by atoms with Crippen LogP contribution in [0.3, 0.4) is 0 Å². The highest BCUT2D eigenvalue weighted by Crippen LogP contribution is 2.21. The summed E-state index contributed by atoms with van der Waals surface area (Å²) in [5.74, 6) is -1.80. The SMILES string of the molecule is O=C(Nc1cc(F)cc(F)c1)[C@H]1CCCCN1C(=O)/C=C/c1ccco1. The van der Waals surface area contributed by atoms with Crippen molar-refractivity contribution < 1.29 is 22.8 Å². The van der Waals surface area contributed by atoms with Gasteiger partial charge in [-0.3, -0.25) is 9.59 Å². The van der Waals surface area contributed by atoms with E-state index in [2.05, 4.69) is 5.32 Å². The van der Waals surface area contributed by atoms with Crippen LogP contribution in [0.25, 0.3) is 6.08 Å². The van der Waals surface area contributed by atoms with Crippen LogP contribution in [0.1, 0.15) is 25.0 Å². The van der Waals surface area contributed by atoms with Gasteiger partial charge in [-0.1, -0.05) is 0 Å². The Hall–Kier alpha value is -2.96. The summed E-state index contributed by atoms with van der Waals surface area (Å²) in [5.41, 5.74) is 0.0246. The molecule has 0 aliphatic carbocycles. The first-order valence-corrected chi connectivity index (χ1v) is 8.32. The standard InChI is InChI=1S/C19H18F2N2O3/c20-13-10-14(21)12-15(11-13)22-19(25)17-5-1-2-8-23(17)18(24)7-6-16-4-3-9-26-16/h3-4,6-7,9-12,17H,1-2,5,8H2,(H,22,25)/b7-6+/t17-/m1/s1. The van der Waals surface area contributed by atoms with Gasteiger partial charge in [0, 0.05) is 24.4 Å². The van der Waals surface area contributed by atoms with E-state index in [1.54, 1.807) is 12.1 Å². The third kappa shape index (κ3) is 4.36. The Labute approximate surface area is 149 Å². The summed E-state index contributed by atoms with van der Waals surface area (Å²) >= 11 is 0. The molecule has 0 saturated carbocycles. The fourth-order valence-electron chi connectivity index (χ4n) is 2.95. The predicted octanol–water partition coefficient (Wildman–Crippen LogP) is 3.59. The molecule has 2 heterocycles. The number of benzene rings is 1. The smallest absolute Gasteiger partial charge is 0.247 e. The molecule has 2 aromatic rings. The van der Waals surface area contributed by atoms with Crippen molar-refractivity contribution in [2.24, 2.45) is 0 Å². The number of amides is 2. The highest BCUT2D eigenvalue weighted by Gasteiger charge is 2.31. The maximum atomic E-state index is 13.3. The van der Waals surface area contributed by atoms with Gasteiger partial charge in [-0.15, -0.1) is 0 Å². The average molecular weight is 360 g/mol. The molecular weight excluding hydrogens is 342 g/mol. The van der Waals surface area contributed by atoms with Gasteiger partial charge in [0.2, 0.25) is 11.8 Å². The van der Waals surface area contributed by atoms with Crippen LogP contribution in [0.2, 0.25) is 0 Å². The zero-order valence-corrected chi connectivity index (χ0v) is 14.0. The number of carbonyl (C=O) groups excluding carboxylic acids is 2. The first kappa shape index (κ1) is 17.8. The summed E-state index contributed by atoms with van der Waals surface area (Å²) in [5, 5.41) is 2.49. The summed E-state index contributed by atoms with van der Waals surface area (Å²) in [6, 6.07) is 5.52. The molecular formula is C19H18F2N2O3. The largest absolute Gasteiger partial charge is 0.465 e. The van der Waals surface area contributed by atoms with Gasteiger partial charge >= 0.3 is 0 Å². The second kappa shape index (κ2) is 7.95. The average Bonchev–Trinajstić information content (AvgIpc) is 3.12. The first-order chi connectivity index (χ1) is 12.5. The molecule has 136 valence electrons. The van der Waals surface area contributed by atoms with Gasteiger partial charge in [0.1, 0.15) is 23.4 Å². The third-order valence-corrected chi connectivity index (χ3v) is 4.15. The van der Waals surface area contributed by atoms with E-state index in [9.17, 15) is 18.4 Å². The molecule has 1 aliphatic heterocycles. The van der Waals surface area contributed by atoms with Gasteiger partial charge < -0.3 is 14.6 Å². The van der Waals surface area contributed by atoms with E-state index < -0.39 is 23.6 Å². The van der Waals surface area contributed by atoms with E-state index in [4.69, 9.17) is 4.42 Å². The summed E-state index contributed by atoms with van der Waals surface area (Å²) in [7, 11) is 0. The van der Waals surface area contributed by atoms with Crippen LogP contribution in [0, 0.1) is 11.6 Å². The fraction of sp³-hybridized carbons (Fsp3) is 0.263. The third-order valence-electron chi connectivity index (χ3n) is 4.15. The molecule has 1 aliphatic rings. The van der Waals surface area contributed by atoms with E-state index in [1.165, 1.54) is 23.3 Å². The van der Waals surface area contributed by atoms with Gasteiger partial charge in [0.25, 0.3) is 0 Å². The predicted molar refractivity (Wildman–Crippen MR) is 92.1 cm³/mol. The number of piperidine rings is 1. The molecule has 1 aromatic heterocycles. The molecule has 5 nitrogen and oxygen atoms in total. The Kier molecular flexibility index (Phi) is 5.46. The van der Waals surface area contributed by atoms with Crippen molar-refractivity contribution in [2.45, 2.75) is 25.3 Å². The van der Waals surface area contributed by atoms with Gasteiger partial charge in [0.15, 0.2) is 0 Å². The quantitative estimate of drug-likeness (QED) is 0.848. The van der Waals surface area contributed by atoms with Crippen LogP contribution in [0.4, 0.5) is 14.5 Å². The number of anilines is 1. The van der Waals surface area contributed by atoms with Crippen LogP contribution in [0.5, 0.6) is 0 Å². The van der Waals surface area contributed by atoms with Crippen molar-refractivity contribution in [1.29, 1.82) is 0 Å². The molecule has 1 fully saturated rings. The number of carbonyl (C=O) groups is 2. The van der Waals surface area contributed by atoms with Crippen molar-refractivity contribution >= 4 is 23.6 Å². The molecule has 1 saturated heterocycles. The molecule has 0 unspecified atom stereocenters. The topological polar surface area (TPSA) is 62.6 Å². The van der Waals surface area contributed by atoms with Crippen LogP contribution in [-0.2, 0) is 9.59 Å². The lowest BCUT2D eigenvalue weighted by Gasteiger charge is -2.34. The Morgan fingerprint density at radius 3 is 2.65 bits per heavy atom. The van der Waals surface area contributed by atoms with Gasteiger partial charge in [-0.2, -0.15) is 0 Å². The van der Waals surface area contributed by atoms with Crippen molar-refractivity contribution in [1.82, 2.24) is 4.90 Å². The summed E-state index contributed by atoms with van der Waals surface area (Å²) in [4.78, 5) is 26.5. The van der Waals surface area contributed by atoms with Crippen molar-refractivity contribution in [3.63, 3.8) is 0 Å². The highest BCUT2D eigenvalue weighted by molar-refractivity contribution is 6.00. The summed E-state index contributed by atoms with van der Waals surface area (Å²) in [6.07, 6.45) is 6.46. The van der Waals surface area contributed by atoms with Crippen molar-refractivity contribution in [3.05, 3.63) is 60.1 Å². The number of hydrogen-bond donors (Lipinski definition) is 1. The van der Waals surface area contributed by atoms with E-state index in [-0.39, 0.29) is 11.6 Å². The number of nitrogens with zero attached hydrogens (tertiary/aromatic N) is 1. The lowest BCUT2D eigenvalue weighted by molar-refractivity contribution is -0.136. The zero-order chi connectivity index (χ0) is 18.5. The summed E-state index contributed by atoms with van der Waals surface area (Å²) < 4.78 is 31.7. The molecule has 2 amide bonds. The Balaban J connectivity index is 1.71. The van der Waals surface area contributed by atoms with E-state index in [0.717, 1.165) is 31.0 Å². The Bertz CT molecular complexity index is 798. The lowest BCUT2D eigenvalue weighted by atomic mass is 10.0. The molecule has 0 radical (unpaired) electrons. The number of halogens is 2. The number of rotatable bonds is 4. The van der Waals surface area contributed by atoms with Crippen LogP contribution in [0.15, 0.2) is 47.1 Å². The maximum Gasteiger partial charge on any atom is 0.247 e. The van der Waals surface area contributed by atoms with E-state index >= 15 is 0 Å². The summed E-state index contributed by atoms with van der Waals surface area (Å²) in [6.45, 7) is 0.441. The molecule has 0 bridgehead atoms. The highest BCUT2D eigenvalue weighted by atomic mass is 19.1. The maximum absolute atomic E-state index is 13.3. The van der Waals surface area contributed by atoms with Gasteiger partial charge in [-0.05, 0) is 49.6 Å². The van der Waals surface area contributed by atoms with Crippen molar-refractivity contribution in [2.75, 3.05) is 11.9 Å². The van der Waals surface area contributed by atoms with Crippen LogP contribution in [-0.4, -0.2) is 29.3 Å². The molecule has 3 rings (SSSR count). The van der Waals surface area contributed by atoms with Crippen molar-refractivity contribution in [3.8, 4) is 0 Å². The first-order valence-electron chi connectivity index (χ1n) is 8.32. The lowest BCUT2D eigenvalue weighted by Crippen LogP contribution is -2.49. The number of furan rings is 1. The normalized spacial score (nSPS) is 17.5. The van der Waals surface area contributed by atoms with Crippen LogP contribution < -0.4 is 5.32 Å².